The van der Waals surface area contributed by atoms with Gasteiger partial charge in [-0.15, -0.1) is 0 Å². The average Bonchev–Trinajstić information content (AvgIpc) is 2.96. The zero-order valence-electron chi connectivity index (χ0n) is 10.2. The molecule has 0 radical (unpaired) electrons. The zero-order valence-corrected chi connectivity index (χ0v) is 10.2. The first-order valence-corrected chi connectivity index (χ1v) is 5.94. The molecule has 1 amide bonds. The Morgan fingerprint density at radius 3 is 2.32 bits per heavy atom. The maximum Gasteiger partial charge on any atom is 0.329 e. The van der Waals surface area contributed by atoms with Crippen LogP contribution in [0.4, 0.5) is 0 Å². The third-order valence-electron chi connectivity index (χ3n) is 4.05. The van der Waals surface area contributed by atoms with Gasteiger partial charge in [-0.2, -0.15) is 0 Å². The van der Waals surface area contributed by atoms with Gasteiger partial charge in [0.05, 0.1) is 18.1 Å². The largest absolute Gasteiger partial charge is 0.481 e. The van der Waals surface area contributed by atoms with E-state index in [1.54, 1.807) is 0 Å². The Labute approximate surface area is 108 Å². The Bertz CT molecular complexity index is 450. The Kier molecular flexibility index (Phi) is 3.02. The second kappa shape index (κ2) is 4.17. The molecule has 0 aromatic heterocycles. The normalized spacial score (nSPS) is 41.2. The summed E-state index contributed by atoms with van der Waals surface area (Å²) in [5.41, 5.74) is 3.64. The number of carbonyl (C=O) groups excluding carboxylic acids is 1. The highest BCUT2D eigenvalue weighted by molar-refractivity contribution is 5.92. The number of hydrogen-bond donors (Lipinski definition) is 5. The van der Waals surface area contributed by atoms with Crippen molar-refractivity contribution < 1.29 is 29.7 Å². The van der Waals surface area contributed by atoms with E-state index in [9.17, 15) is 24.6 Å². The summed E-state index contributed by atoms with van der Waals surface area (Å²) >= 11 is 0. The summed E-state index contributed by atoms with van der Waals surface area (Å²) in [7, 11) is 0. The van der Waals surface area contributed by atoms with E-state index in [0.717, 1.165) is 0 Å². The van der Waals surface area contributed by atoms with E-state index in [2.05, 4.69) is 5.32 Å². The minimum absolute atomic E-state index is 0.195. The van der Waals surface area contributed by atoms with Gasteiger partial charge < -0.3 is 26.4 Å². The zero-order chi connectivity index (χ0) is 14.5. The molecular weight excluding hydrogens is 256 g/mol. The molecule has 0 unspecified atom stereocenters. The molecule has 0 bridgehead atoms. The topological polar surface area (TPSA) is 150 Å². The van der Waals surface area contributed by atoms with Crippen molar-refractivity contribution in [3.63, 3.8) is 0 Å². The molecule has 2 fully saturated rings. The van der Waals surface area contributed by atoms with Crippen LogP contribution in [-0.4, -0.2) is 50.9 Å². The molecule has 8 nitrogen and oxygen atoms in total. The summed E-state index contributed by atoms with van der Waals surface area (Å²) in [4.78, 5) is 34.1. The molecule has 0 aromatic carbocycles. The standard InChI is InChI=1S/C11H16N2O6/c1-3(12)8(15)13-11(10(18)19)2-4(14)5-6(7(5)11)9(16)17/h3-7,14H,2,12H2,1H3,(H,13,15)(H,16,17)(H,18,19)/t3-,4-,5-,6-,7-,11-/m0/s1. The lowest BCUT2D eigenvalue weighted by atomic mass is 9.89. The van der Waals surface area contributed by atoms with Gasteiger partial charge in [0.2, 0.25) is 5.91 Å². The Morgan fingerprint density at radius 2 is 1.95 bits per heavy atom. The van der Waals surface area contributed by atoms with E-state index in [4.69, 9.17) is 10.8 Å². The van der Waals surface area contributed by atoms with Crippen LogP contribution in [0.2, 0.25) is 0 Å². The van der Waals surface area contributed by atoms with Crippen molar-refractivity contribution in [1.82, 2.24) is 5.32 Å². The van der Waals surface area contributed by atoms with E-state index in [0.29, 0.717) is 0 Å². The number of carbonyl (C=O) groups is 3. The summed E-state index contributed by atoms with van der Waals surface area (Å²) in [6.45, 7) is 1.40. The van der Waals surface area contributed by atoms with Crippen LogP contribution in [0.25, 0.3) is 0 Å². The predicted molar refractivity (Wildman–Crippen MR) is 60.9 cm³/mol. The first-order valence-electron chi connectivity index (χ1n) is 5.94. The number of nitrogens with two attached hydrogens (primary N) is 1. The number of aliphatic hydroxyl groups is 1. The van der Waals surface area contributed by atoms with Crippen LogP contribution < -0.4 is 11.1 Å². The average molecular weight is 272 g/mol. The van der Waals surface area contributed by atoms with E-state index >= 15 is 0 Å². The first kappa shape index (κ1) is 13.8. The van der Waals surface area contributed by atoms with Gasteiger partial charge in [-0.3, -0.25) is 9.59 Å². The third kappa shape index (κ3) is 1.87. The summed E-state index contributed by atoms with van der Waals surface area (Å²) in [6, 6.07) is -0.908. The fraction of sp³-hybridized carbons (Fsp3) is 0.727. The van der Waals surface area contributed by atoms with Crippen molar-refractivity contribution in [1.29, 1.82) is 0 Å². The van der Waals surface area contributed by atoms with Crippen LogP contribution in [0, 0.1) is 17.8 Å². The highest BCUT2D eigenvalue weighted by Crippen LogP contribution is 2.62. The molecular formula is C11H16N2O6. The van der Waals surface area contributed by atoms with Gasteiger partial charge in [0.15, 0.2) is 0 Å². The smallest absolute Gasteiger partial charge is 0.329 e. The quantitative estimate of drug-likeness (QED) is 0.396. The molecule has 2 aliphatic rings. The molecule has 6 N–H and O–H groups in total. The van der Waals surface area contributed by atoms with Gasteiger partial charge in [0.25, 0.3) is 0 Å². The molecule has 0 aromatic rings. The summed E-state index contributed by atoms with van der Waals surface area (Å²) in [5, 5.41) is 30.4. The molecule has 2 saturated carbocycles. The van der Waals surface area contributed by atoms with Crippen molar-refractivity contribution in [2.45, 2.75) is 31.0 Å². The van der Waals surface area contributed by atoms with E-state index in [1.165, 1.54) is 6.92 Å². The number of carboxylic acid groups (broad SMARTS) is 2. The molecule has 2 rings (SSSR count). The molecule has 6 atom stereocenters. The lowest BCUT2D eigenvalue weighted by Gasteiger charge is -2.30. The van der Waals surface area contributed by atoms with Gasteiger partial charge in [-0.1, -0.05) is 0 Å². The number of carboxylic acids is 2. The van der Waals surface area contributed by atoms with Crippen LogP contribution in [0.1, 0.15) is 13.3 Å². The van der Waals surface area contributed by atoms with Gasteiger partial charge in [0, 0.05) is 18.3 Å². The van der Waals surface area contributed by atoms with Gasteiger partial charge in [-0.05, 0) is 6.92 Å². The van der Waals surface area contributed by atoms with Crippen LogP contribution >= 0.6 is 0 Å². The number of rotatable bonds is 4. The fourth-order valence-corrected chi connectivity index (χ4v) is 3.12. The number of nitrogens with one attached hydrogen (secondary N) is 1. The van der Waals surface area contributed by atoms with Crippen molar-refractivity contribution in [2.75, 3.05) is 0 Å². The molecule has 19 heavy (non-hydrogen) atoms. The minimum atomic E-state index is -1.74. The summed E-state index contributed by atoms with van der Waals surface area (Å²) in [6.07, 6.45) is -1.24. The van der Waals surface area contributed by atoms with Crippen LogP contribution in [-0.2, 0) is 14.4 Å². The SMILES string of the molecule is C[C@H](N)C(=O)N[C@@]1(C(=O)O)C[C@H](O)[C@H]2[C@H](C(=O)O)[C@H]21. The molecule has 0 spiro atoms. The molecule has 0 heterocycles. The first-order chi connectivity index (χ1) is 8.72. The highest BCUT2D eigenvalue weighted by Gasteiger charge is 2.75. The molecule has 2 aliphatic carbocycles. The van der Waals surface area contributed by atoms with Crippen LogP contribution in [0.15, 0.2) is 0 Å². The number of fused-ring (bicyclic) bond motifs is 1. The molecule has 106 valence electrons. The van der Waals surface area contributed by atoms with Crippen molar-refractivity contribution >= 4 is 17.8 Å². The van der Waals surface area contributed by atoms with Crippen molar-refractivity contribution in [3.8, 4) is 0 Å². The Morgan fingerprint density at radius 1 is 1.37 bits per heavy atom. The van der Waals surface area contributed by atoms with Gasteiger partial charge in [0.1, 0.15) is 5.54 Å². The van der Waals surface area contributed by atoms with Gasteiger partial charge >= 0.3 is 11.9 Å². The lowest BCUT2D eigenvalue weighted by molar-refractivity contribution is -0.150. The monoisotopic (exact) mass is 272 g/mol. The number of aliphatic carboxylic acids is 2. The second-order valence-electron chi connectivity index (χ2n) is 5.29. The van der Waals surface area contributed by atoms with Crippen molar-refractivity contribution in [3.05, 3.63) is 0 Å². The Balaban J connectivity index is 2.29. The number of amides is 1. The minimum Gasteiger partial charge on any atom is -0.481 e. The maximum absolute atomic E-state index is 11.6. The van der Waals surface area contributed by atoms with E-state index in [1.807, 2.05) is 0 Å². The van der Waals surface area contributed by atoms with E-state index in [-0.39, 0.29) is 6.42 Å². The molecule has 0 saturated heterocycles. The highest BCUT2D eigenvalue weighted by atomic mass is 16.4. The van der Waals surface area contributed by atoms with Crippen LogP contribution in [0.3, 0.4) is 0 Å². The van der Waals surface area contributed by atoms with Crippen molar-refractivity contribution in [2.24, 2.45) is 23.5 Å². The summed E-state index contributed by atoms with van der Waals surface area (Å²) < 4.78 is 0. The predicted octanol–water partition coefficient (Wildman–Crippen LogP) is -2.02. The maximum atomic E-state index is 11.6. The second-order valence-corrected chi connectivity index (χ2v) is 5.29. The molecule has 8 heteroatoms. The molecule has 0 aliphatic heterocycles. The lowest BCUT2D eigenvalue weighted by Crippen LogP contribution is -2.59. The number of hydrogen-bond acceptors (Lipinski definition) is 5. The summed E-state index contributed by atoms with van der Waals surface area (Å²) in [5.74, 6) is -5.52. The van der Waals surface area contributed by atoms with E-state index < -0.39 is 53.3 Å². The number of aliphatic hydroxyl groups excluding tert-OH is 1. The van der Waals surface area contributed by atoms with Gasteiger partial charge in [-0.25, -0.2) is 4.79 Å². The fourth-order valence-electron chi connectivity index (χ4n) is 3.12. The Hall–Kier alpha value is -1.67. The van der Waals surface area contributed by atoms with Crippen LogP contribution in [0.5, 0.6) is 0 Å². The third-order valence-corrected chi connectivity index (χ3v) is 4.05.